The van der Waals surface area contributed by atoms with E-state index in [0.29, 0.717) is 13.0 Å². The summed E-state index contributed by atoms with van der Waals surface area (Å²) >= 11 is 0. The Bertz CT molecular complexity index is 645. The van der Waals surface area contributed by atoms with Gasteiger partial charge in [0.15, 0.2) is 0 Å². The Hall–Kier alpha value is -2.00. The lowest BCUT2D eigenvalue weighted by atomic mass is 10.2. The monoisotopic (exact) mass is 329 g/mol. The van der Waals surface area contributed by atoms with Crippen molar-refractivity contribution in [1.82, 2.24) is 14.6 Å². The van der Waals surface area contributed by atoms with Crippen molar-refractivity contribution in [2.45, 2.75) is 13.3 Å². The largest absolute Gasteiger partial charge is 0.478 e. The van der Waals surface area contributed by atoms with Crippen LogP contribution in [0.25, 0.3) is 0 Å². The van der Waals surface area contributed by atoms with Gasteiger partial charge in [-0.15, -0.1) is 0 Å². The van der Waals surface area contributed by atoms with Crippen molar-refractivity contribution in [3.05, 3.63) is 29.6 Å². The highest BCUT2D eigenvalue weighted by Crippen LogP contribution is 2.02. The molecule has 9 heteroatoms. The molecule has 0 saturated carbocycles. The Morgan fingerprint density at radius 1 is 1.41 bits per heavy atom. The minimum atomic E-state index is -3.22. The van der Waals surface area contributed by atoms with Crippen molar-refractivity contribution in [1.29, 1.82) is 0 Å². The molecule has 0 fully saturated rings. The number of amides is 1. The van der Waals surface area contributed by atoms with Gasteiger partial charge in [0, 0.05) is 26.3 Å². The fourth-order valence-electron chi connectivity index (χ4n) is 1.64. The van der Waals surface area contributed by atoms with Crippen LogP contribution < -0.4 is 5.32 Å². The zero-order valence-corrected chi connectivity index (χ0v) is 13.3. The molecule has 0 aliphatic rings. The van der Waals surface area contributed by atoms with E-state index in [1.165, 1.54) is 29.7 Å². The normalized spacial score (nSPS) is 11.4. The zero-order chi connectivity index (χ0) is 16.8. The minimum Gasteiger partial charge on any atom is -0.478 e. The lowest BCUT2D eigenvalue weighted by Gasteiger charge is -2.15. The summed E-state index contributed by atoms with van der Waals surface area (Å²) < 4.78 is 24.3. The smallest absolute Gasteiger partial charge is 0.335 e. The van der Waals surface area contributed by atoms with Gasteiger partial charge in [-0.25, -0.2) is 17.5 Å². The summed E-state index contributed by atoms with van der Waals surface area (Å²) in [6.45, 7) is 2.12. The van der Waals surface area contributed by atoms with Crippen LogP contribution in [0.2, 0.25) is 0 Å². The van der Waals surface area contributed by atoms with E-state index in [9.17, 15) is 18.0 Å². The molecular formula is C13H19N3O5S. The molecule has 2 N–H and O–H groups in total. The summed E-state index contributed by atoms with van der Waals surface area (Å²) in [5, 5.41) is 11.4. The molecule has 0 unspecified atom stereocenters. The molecule has 0 aliphatic heterocycles. The summed E-state index contributed by atoms with van der Waals surface area (Å²) in [6.07, 6.45) is 1.69. The van der Waals surface area contributed by atoms with Crippen molar-refractivity contribution < 1.29 is 23.1 Å². The van der Waals surface area contributed by atoms with Gasteiger partial charge in [-0.3, -0.25) is 9.78 Å². The number of hydrogen-bond acceptors (Lipinski definition) is 5. The summed E-state index contributed by atoms with van der Waals surface area (Å²) in [5.74, 6) is -1.60. The van der Waals surface area contributed by atoms with Crippen LogP contribution in [-0.2, 0) is 10.0 Å². The molecule has 122 valence electrons. The van der Waals surface area contributed by atoms with Crippen molar-refractivity contribution in [2.75, 3.05) is 25.9 Å². The van der Waals surface area contributed by atoms with Gasteiger partial charge in [0.25, 0.3) is 5.91 Å². The molecule has 1 heterocycles. The Morgan fingerprint density at radius 3 is 2.68 bits per heavy atom. The molecule has 0 aromatic carbocycles. The molecule has 1 rings (SSSR count). The molecule has 1 aromatic heterocycles. The van der Waals surface area contributed by atoms with E-state index in [0.717, 1.165) is 0 Å². The molecule has 1 aromatic rings. The van der Waals surface area contributed by atoms with Crippen LogP contribution in [0.15, 0.2) is 18.3 Å². The van der Waals surface area contributed by atoms with Crippen LogP contribution in [-0.4, -0.2) is 60.6 Å². The minimum absolute atomic E-state index is 0.00874. The van der Waals surface area contributed by atoms with Gasteiger partial charge < -0.3 is 10.4 Å². The molecule has 0 radical (unpaired) electrons. The molecule has 0 spiro atoms. The standard InChI is InChI=1S/C13H19N3O5S/c1-3-22(20,21)16(2)8-4-6-15-12(17)11-9-10(13(18)19)5-7-14-11/h5,7,9H,3-4,6,8H2,1-2H3,(H,15,17)(H,18,19). The van der Waals surface area contributed by atoms with Gasteiger partial charge in [0.05, 0.1) is 11.3 Å². The topological polar surface area (TPSA) is 117 Å². The molecule has 8 nitrogen and oxygen atoms in total. The molecular weight excluding hydrogens is 310 g/mol. The molecule has 0 saturated heterocycles. The van der Waals surface area contributed by atoms with Crippen LogP contribution in [0.4, 0.5) is 0 Å². The van der Waals surface area contributed by atoms with Crippen molar-refractivity contribution in [3.8, 4) is 0 Å². The van der Waals surface area contributed by atoms with E-state index in [1.807, 2.05) is 0 Å². The number of carbonyl (C=O) groups is 2. The van der Waals surface area contributed by atoms with E-state index < -0.39 is 21.9 Å². The number of nitrogens with zero attached hydrogens (tertiary/aromatic N) is 2. The van der Waals surface area contributed by atoms with Gasteiger partial charge in [0.2, 0.25) is 10.0 Å². The Morgan fingerprint density at radius 2 is 2.09 bits per heavy atom. The number of pyridine rings is 1. The highest BCUT2D eigenvalue weighted by molar-refractivity contribution is 7.89. The van der Waals surface area contributed by atoms with Gasteiger partial charge in [-0.05, 0) is 25.5 Å². The summed E-state index contributed by atoms with van der Waals surface area (Å²) in [6, 6.07) is 2.48. The second kappa shape index (κ2) is 7.85. The van der Waals surface area contributed by atoms with Crippen molar-refractivity contribution in [2.24, 2.45) is 0 Å². The predicted molar refractivity (Wildman–Crippen MR) is 80.2 cm³/mol. The number of aromatic carboxylic acids is 1. The van der Waals surface area contributed by atoms with Crippen LogP contribution in [0.1, 0.15) is 34.2 Å². The number of aromatic nitrogens is 1. The lowest BCUT2D eigenvalue weighted by molar-refractivity contribution is 0.0696. The Kier molecular flexibility index (Phi) is 6.44. The third-order valence-electron chi connectivity index (χ3n) is 3.01. The first-order chi connectivity index (χ1) is 10.3. The summed E-state index contributed by atoms with van der Waals surface area (Å²) in [7, 11) is -1.74. The molecule has 0 atom stereocenters. The van der Waals surface area contributed by atoms with Gasteiger partial charge in [-0.2, -0.15) is 0 Å². The lowest BCUT2D eigenvalue weighted by Crippen LogP contribution is -2.32. The van der Waals surface area contributed by atoms with Gasteiger partial charge >= 0.3 is 5.97 Å². The summed E-state index contributed by atoms with van der Waals surface area (Å²) in [5.41, 5.74) is -0.0108. The van der Waals surface area contributed by atoms with E-state index in [1.54, 1.807) is 6.92 Å². The van der Waals surface area contributed by atoms with E-state index in [-0.39, 0.29) is 23.6 Å². The second-order valence-electron chi connectivity index (χ2n) is 4.57. The highest BCUT2D eigenvalue weighted by atomic mass is 32.2. The highest BCUT2D eigenvalue weighted by Gasteiger charge is 2.15. The van der Waals surface area contributed by atoms with E-state index >= 15 is 0 Å². The van der Waals surface area contributed by atoms with Gasteiger partial charge in [0.1, 0.15) is 5.69 Å². The van der Waals surface area contributed by atoms with E-state index in [2.05, 4.69) is 10.3 Å². The number of nitrogens with one attached hydrogen (secondary N) is 1. The third-order valence-corrected chi connectivity index (χ3v) is 4.88. The number of sulfonamides is 1. The number of carboxylic acid groups (broad SMARTS) is 1. The average Bonchev–Trinajstić information content (AvgIpc) is 2.51. The summed E-state index contributed by atoms with van der Waals surface area (Å²) in [4.78, 5) is 26.4. The number of carboxylic acids is 1. The molecule has 1 amide bonds. The van der Waals surface area contributed by atoms with Crippen molar-refractivity contribution in [3.63, 3.8) is 0 Å². The average molecular weight is 329 g/mol. The maximum absolute atomic E-state index is 11.8. The number of carbonyl (C=O) groups excluding carboxylic acids is 1. The fourth-order valence-corrected chi connectivity index (χ4v) is 2.49. The first-order valence-corrected chi connectivity index (χ1v) is 8.30. The van der Waals surface area contributed by atoms with Crippen LogP contribution in [0, 0.1) is 0 Å². The second-order valence-corrected chi connectivity index (χ2v) is 6.93. The van der Waals surface area contributed by atoms with Gasteiger partial charge in [-0.1, -0.05) is 0 Å². The number of rotatable bonds is 8. The molecule has 22 heavy (non-hydrogen) atoms. The van der Waals surface area contributed by atoms with Crippen LogP contribution >= 0.6 is 0 Å². The maximum Gasteiger partial charge on any atom is 0.335 e. The Labute approximate surface area is 129 Å². The van der Waals surface area contributed by atoms with E-state index in [4.69, 9.17) is 5.11 Å². The van der Waals surface area contributed by atoms with Crippen LogP contribution in [0.5, 0.6) is 0 Å². The maximum atomic E-state index is 11.8. The SMILES string of the molecule is CCS(=O)(=O)N(C)CCCNC(=O)c1cc(C(=O)O)ccn1. The first kappa shape index (κ1) is 18.1. The third kappa shape index (κ3) is 5.08. The fraction of sp³-hybridized carbons (Fsp3) is 0.462. The van der Waals surface area contributed by atoms with Crippen LogP contribution in [0.3, 0.4) is 0 Å². The zero-order valence-electron chi connectivity index (χ0n) is 12.4. The van der Waals surface area contributed by atoms with Crippen molar-refractivity contribution >= 4 is 21.9 Å². The first-order valence-electron chi connectivity index (χ1n) is 6.69. The molecule has 0 bridgehead atoms. The molecule has 0 aliphatic carbocycles. The number of hydrogen-bond donors (Lipinski definition) is 2. The Balaban J connectivity index is 2.47. The quantitative estimate of drug-likeness (QED) is 0.657. The predicted octanol–water partition coefficient (Wildman–Crippen LogP) is 0.181.